The fraction of sp³-hybridized carbons (Fsp3) is 0.333. The van der Waals surface area contributed by atoms with E-state index < -0.39 is 0 Å². The molecule has 1 aromatic heterocycles. The standard InChI is InChI=1S/C18H19BrN2O2S/c1-11-8-15(11)17(22)20-13-5-3-4-12(9-13)18(23)21(2)10-14-6-7-16(19)24-14/h3-7,9,11,15H,8,10H2,1-2H3,(H,20,22). The SMILES string of the molecule is CC1CC1C(=O)Nc1cccc(C(=O)N(C)Cc2ccc(Br)s2)c1. The van der Waals surface area contributed by atoms with Crippen LogP contribution < -0.4 is 5.32 Å². The van der Waals surface area contributed by atoms with E-state index in [4.69, 9.17) is 0 Å². The Balaban J connectivity index is 1.66. The predicted molar refractivity (Wildman–Crippen MR) is 100 cm³/mol. The summed E-state index contributed by atoms with van der Waals surface area (Å²) in [5, 5.41) is 2.91. The van der Waals surface area contributed by atoms with Crippen molar-refractivity contribution >= 4 is 44.8 Å². The highest BCUT2D eigenvalue weighted by Gasteiger charge is 2.39. The van der Waals surface area contributed by atoms with Gasteiger partial charge in [0.05, 0.1) is 10.3 Å². The normalized spacial score (nSPS) is 19.0. The highest BCUT2D eigenvalue weighted by molar-refractivity contribution is 9.11. The Morgan fingerprint density at radius 3 is 2.71 bits per heavy atom. The summed E-state index contributed by atoms with van der Waals surface area (Å²) in [6.45, 7) is 2.63. The number of thiophene rings is 1. The minimum atomic E-state index is -0.0598. The molecule has 1 heterocycles. The van der Waals surface area contributed by atoms with Crippen LogP contribution in [0.3, 0.4) is 0 Å². The Hall–Kier alpha value is -1.66. The molecule has 3 rings (SSSR count). The maximum atomic E-state index is 12.6. The number of amides is 2. The summed E-state index contributed by atoms with van der Waals surface area (Å²) >= 11 is 5.05. The van der Waals surface area contributed by atoms with Crippen molar-refractivity contribution < 1.29 is 9.59 Å². The lowest BCUT2D eigenvalue weighted by Gasteiger charge is -2.17. The monoisotopic (exact) mass is 406 g/mol. The summed E-state index contributed by atoms with van der Waals surface area (Å²) in [6, 6.07) is 11.1. The van der Waals surface area contributed by atoms with Crippen LogP contribution in [-0.2, 0) is 11.3 Å². The summed E-state index contributed by atoms with van der Waals surface area (Å²) in [7, 11) is 1.78. The second kappa shape index (κ2) is 7.07. The molecular weight excluding hydrogens is 388 g/mol. The Morgan fingerprint density at radius 2 is 2.08 bits per heavy atom. The topological polar surface area (TPSA) is 49.4 Å². The molecule has 2 aromatic rings. The number of carbonyl (C=O) groups is 2. The van der Waals surface area contributed by atoms with Gasteiger partial charge in [0.15, 0.2) is 0 Å². The molecule has 0 aliphatic heterocycles. The lowest BCUT2D eigenvalue weighted by atomic mass is 10.1. The van der Waals surface area contributed by atoms with Crippen LogP contribution in [0, 0.1) is 11.8 Å². The first-order valence-electron chi connectivity index (χ1n) is 7.84. The maximum Gasteiger partial charge on any atom is 0.253 e. The van der Waals surface area contributed by atoms with E-state index in [1.165, 1.54) is 0 Å². The van der Waals surface area contributed by atoms with Gasteiger partial charge < -0.3 is 10.2 Å². The molecule has 6 heteroatoms. The van der Waals surface area contributed by atoms with Gasteiger partial charge in [-0.2, -0.15) is 0 Å². The van der Waals surface area contributed by atoms with Crippen molar-refractivity contribution in [3.05, 3.63) is 50.6 Å². The molecule has 0 saturated heterocycles. The largest absolute Gasteiger partial charge is 0.337 e. The highest BCUT2D eigenvalue weighted by atomic mass is 79.9. The smallest absolute Gasteiger partial charge is 0.253 e. The van der Waals surface area contributed by atoms with Crippen molar-refractivity contribution in [3.63, 3.8) is 0 Å². The molecule has 1 fully saturated rings. The molecule has 4 nitrogen and oxygen atoms in total. The van der Waals surface area contributed by atoms with Gasteiger partial charge in [-0.05, 0) is 58.6 Å². The first-order chi connectivity index (χ1) is 11.4. The average Bonchev–Trinajstić information content (AvgIpc) is 3.15. The van der Waals surface area contributed by atoms with E-state index in [0.29, 0.717) is 23.7 Å². The van der Waals surface area contributed by atoms with Crippen LogP contribution in [0.25, 0.3) is 0 Å². The number of anilines is 1. The molecule has 2 atom stereocenters. The molecular formula is C18H19BrN2O2S. The van der Waals surface area contributed by atoms with Gasteiger partial charge in [-0.1, -0.05) is 13.0 Å². The van der Waals surface area contributed by atoms with Crippen molar-refractivity contribution in [2.75, 3.05) is 12.4 Å². The fourth-order valence-corrected chi connectivity index (χ4v) is 4.15. The third kappa shape index (κ3) is 4.05. The Kier molecular flexibility index (Phi) is 5.06. The fourth-order valence-electron chi connectivity index (χ4n) is 2.62. The number of carbonyl (C=O) groups excluding carboxylic acids is 2. The molecule has 1 aromatic carbocycles. The predicted octanol–water partition coefficient (Wildman–Crippen LogP) is 4.38. The molecule has 24 heavy (non-hydrogen) atoms. The van der Waals surface area contributed by atoms with Gasteiger partial charge in [-0.3, -0.25) is 9.59 Å². The number of hydrogen-bond donors (Lipinski definition) is 1. The van der Waals surface area contributed by atoms with E-state index in [9.17, 15) is 9.59 Å². The van der Waals surface area contributed by atoms with Gasteiger partial charge in [-0.25, -0.2) is 0 Å². The highest BCUT2D eigenvalue weighted by Crippen LogP contribution is 2.38. The summed E-state index contributed by atoms with van der Waals surface area (Å²) in [4.78, 5) is 27.4. The minimum absolute atomic E-state index is 0.0453. The number of rotatable bonds is 5. The van der Waals surface area contributed by atoms with Crippen LogP contribution in [0.15, 0.2) is 40.2 Å². The van der Waals surface area contributed by atoms with Crippen LogP contribution in [0.1, 0.15) is 28.6 Å². The molecule has 2 unspecified atom stereocenters. The quantitative estimate of drug-likeness (QED) is 0.800. The summed E-state index contributed by atoms with van der Waals surface area (Å²) < 4.78 is 1.05. The van der Waals surface area contributed by atoms with Gasteiger partial charge >= 0.3 is 0 Å². The molecule has 1 saturated carbocycles. The van der Waals surface area contributed by atoms with Gasteiger partial charge in [0.2, 0.25) is 5.91 Å². The number of halogens is 1. The third-order valence-electron chi connectivity index (χ3n) is 4.19. The van der Waals surface area contributed by atoms with E-state index >= 15 is 0 Å². The zero-order valence-electron chi connectivity index (χ0n) is 13.6. The third-order valence-corrected chi connectivity index (χ3v) is 5.80. The summed E-state index contributed by atoms with van der Waals surface area (Å²) in [5.41, 5.74) is 1.26. The number of nitrogens with one attached hydrogen (secondary N) is 1. The molecule has 126 valence electrons. The second-order valence-corrected chi connectivity index (χ2v) is 8.80. The molecule has 1 aliphatic carbocycles. The molecule has 0 spiro atoms. The zero-order valence-corrected chi connectivity index (χ0v) is 16.0. The van der Waals surface area contributed by atoms with Crippen molar-refractivity contribution in [1.29, 1.82) is 0 Å². The zero-order chi connectivity index (χ0) is 17.3. The van der Waals surface area contributed by atoms with Gasteiger partial charge in [0, 0.05) is 29.1 Å². The lowest BCUT2D eigenvalue weighted by molar-refractivity contribution is -0.117. The van der Waals surface area contributed by atoms with Gasteiger partial charge in [0.25, 0.3) is 5.91 Å². The van der Waals surface area contributed by atoms with Crippen LogP contribution >= 0.6 is 27.3 Å². The number of hydrogen-bond acceptors (Lipinski definition) is 3. The first-order valence-corrected chi connectivity index (χ1v) is 9.45. The maximum absolute atomic E-state index is 12.6. The summed E-state index contributed by atoms with van der Waals surface area (Å²) in [5.74, 6) is 0.565. The van der Waals surface area contributed by atoms with Crippen LogP contribution in [0.4, 0.5) is 5.69 Å². The van der Waals surface area contributed by atoms with E-state index in [2.05, 4.69) is 28.2 Å². The van der Waals surface area contributed by atoms with Crippen molar-refractivity contribution in [2.24, 2.45) is 11.8 Å². The number of benzene rings is 1. The summed E-state index contributed by atoms with van der Waals surface area (Å²) in [6.07, 6.45) is 0.948. The average molecular weight is 407 g/mol. The lowest BCUT2D eigenvalue weighted by Crippen LogP contribution is -2.26. The van der Waals surface area contributed by atoms with E-state index in [0.717, 1.165) is 15.1 Å². The number of nitrogens with zero attached hydrogens (tertiary/aromatic N) is 1. The Bertz CT molecular complexity index is 774. The van der Waals surface area contributed by atoms with Crippen LogP contribution in [0.5, 0.6) is 0 Å². The van der Waals surface area contributed by atoms with Crippen LogP contribution in [0.2, 0.25) is 0 Å². The van der Waals surface area contributed by atoms with Crippen LogP contribution in [-0.4, -0.2) is 23.8 Å². The van der Waals surface area contributed by atoms with Crippen molar-refractivity contribution in [1.82, 2.24) is 4.90 Å². The second-order valence-electron chi connectivity index (χ2n) is 6.26. The molecule has 0 bridgehead atoms. The van der Waals surface area contributed by atoms with Gasteiger partial charge in [0.1, 0.15) is 0 Å². The van der Waals surface area contributed by atoms with E-state index in [1.54, 1.807) is 41.5 Å². The Labute approximate surface area is 154 Å². The molecule has 1 N–H and O–H groups in total. The van der Waals surface area contributed by atoms with E-state index in [-0.39, 0.29) is 17.7 Å². The van der Waals surface area contributed by atoms with Crippen molar-refractivity contribution in [2.45, 2.75) is 19.9 Å². The van der Waals surface area contributed by atoms with E-state index in [1.807, 2.05) is 18.2 Å². The van der Waals surface area contributed by atoms with Gasteiger partial charge in [-0.15, -0.1) is 11.3 Å². The molecule has 0 radical (unpaired) electrons. The Morgan fingerprint density at radius 1 is 1.33 bits per heavy atom. The first kappa shape index (κ1) is 17.2. The minimum Gasteiger partial charge on any atom is -0.337 e. The van der Waals surface area contributed by atoms with Crippen molar-refractivity contribution in [3.8, 4) is 0 Å². The molecule has 1 aliphatic rings. The molecule has 2 amide bonds.